The number of hydrogen-bond acceptors (Lipinski definition) is 5. The second-order valence-electron chi connectivity index (χ2n) is 7.41. The Balaban J connectivity index is 1.46. The molecule has 2 heterocycles. The van der Waals surface area contributed by atoms with E-state index in [0.717, 1.165) is 50.2 Å². The van der Waals surface area contributed by atoms with Crippen LogP contribution >= 0.6 is 11.6 Å². The van der Waals surface area contributed by atoms with E-state index in [0.29, 0.717) is 30.6 Å². The zero-order chi connectivity index (χ0) is 19.4. The summed E-state index contributed by atoms with van der Waals surface area (Å²) >= 11 is 6.03. The summed E-state index contributed by atoms with van der Waals surface area (Å²) in [5.41, 5.74) is 0.557. The van der Waals surface area contributed by atoms with Crippen LogP contribution in [0.15, 0.2) is 36.5 Å². The summed E-state index contributed by atoms with van der Waals surface area (Å²) in [7, 11) is 0. The highest BCUT2D eigenvalue weighted by molar-refractivity contribution is 6.30. The van der Waals surface area contributed by atoms with E-state index < -0.39 is 5.41 Å². The Morgan fingerprint density at radius 3 is 2.57 bits per heavy atom. The number of carbonyl (C=O) groups excluding carboxylic acids is 1. The predicted molar refractivity (Wildman–Crippen MR) is 109 cm³/mol. The van der Waals surface area contributed by atoms with Gasteiger partial charge in [0.1, 0.15) is 11.6 Å². The molecule has 1 saturated carbocycles. The molecule has 0 spiro atoms. The van der Waals surface area contributed by atoms with Crippen LogP contribution in [0.3, 0.4) is 0 Å². The van der Waals surface area contributed by atoms with Crippen LogP contribution in [0.25, 0.3) is 0 Å². The Labute approximate surface area is 170 Å². The number of rotatable bonds is 5. The Bertz CT molecular complexity index is 815. The lowest BCUT2D eigenvalue weighted by molar-refractivity contribution is -0.126. The second-order valence-corrected chi connectivity index (χ2v) is 7.85. The van der Waals surface area contributed by atoms with Crippen molar-refractivity contribution in [2.45, 2.75) is 37.6 Å². The van der Waals surface area contributed by atoms with Gasteiger partial charge in [-0.2, -0.15) is 0 Å². The minimum atomic E-state index is -0.480. The van der Waals surface area contributed by atoms with Gasteiger partial charge in [0, 0.05) is 24.3 Å². The van der Waals surface area contributed by atoms with E-state index in [1.807, 2.05) is 30.3 Å². The third kappa shape index (κ3) is 3.98. The van der Waals surface area contributed by atoms with Crippen molar-refractivity contribution in [1.29, 1.82) is 0 Å². The molecule has 0 atom stereocenters. The SMILES string of the molecule is O=C(NCc1nccc(N2CCOCC2)n1)C1(c2ccc(Cl)cc2)CCCC1. The number of nitrogens with one attached hydrogen (secondary N) is 1. The first-order chi connectivity index (χ1) is 13.7. The van der Waals surface area contributed by atoms with E-state index in [1.54, 1.807) is 6.20 Å². The average molecular weight is 401 g/mol. The van der Waals surface area contributed by atoms with Crippen LogP contribution in [-0.4, -0.2) is 42.2 Å². The number of anilines is 1. The summed E-state index contributed by atoms with van der Waals surface area (Å²) < 4.78 is 5.40. The maximum atomic E-state index is 13.2. The van der Waals surface area contributed by atoms with Crippen molar-refractivity contribution < 1.29 is 9.53 Å². The van der Waals surface area contributed by atoms with Crippen molar-refractivity contribution in [2.24, 2.45) is 0 Å². The summed E-state index contributed by atoms with van der Waals surface area (Å²) in [6.45, 7) is 3.39. The van der Waals surface area contributed by atoms with Gasteiger partial charge in [-0.25, -0.2) is 9.97 Å². The Hall–Kier alpha value is -2.18. The van der Waals surface area contributed by atoms with Crippen LogP contribution in [0.2, 0.25) is 5.02 Å². The van der Waals surface area contributed by atoms with Crippen molar-refractivity contribution in [3.05, 3.63) is 52.9 Å². The number of carbonyl (C=O) groups is 1. The minimum Gasteiger partial charge on any atom is -0.378 e. The topological polar surface area (TPSA) is 67.4 Å². The van der Waals surface area contributed by atoms with Crippen LogP contribution in [-0.2, 0) is 21.5 Å². The maximum absolute atomic E-state index is 13.2. The van der Waals surface area contributed by atoms with Crippen molar-refractivity contribution in [1.82, 2.24) is 15.3 Å². The summed E-state index contributed by atoms with van der Waals surface area (Å²) in [5.74, 6) is 1.56. The highest BCUT2D eigenvalue weighted by Gasteiger charge is 2.42. The molecule has 2 fully saturated rings. The number of ether oxygens (including phenoxy) is 1. The standard InChI is InChI=1S/C21H25ClN4O2/c22-17-5-3-16(4-6-17)21(8-1-2-9-21)20(27)24-15-18-23-10-7-19(25-18)26-11-13-28-14-12-26/h3-7,10H,1-2,8-9,11-15H2,(H,24,27). The number of amides is 1. The Morgan fingerprint density at radius 2 is 1.86 bits per heavy atom. The predicted octanol–water partition coefficient (Wildman–Crippen LogP) is 3.09. The molecule has 2 aromatic rings. The van der Waals surface area contributed by atoms with E-state index in [1.165, 1.54) is 0 Å². The average Bonchev–Trinajstić information content (AvgIpc) is 3.25. The molecule has 7 heteroatoms. The van der Waals surface area contributed by atoms with E-state index in [9.17, 15) is 4.79 Å². The number of hydrogen-bond donors (Lipinski definition) is 1. The maximum Gasteiger partial charge on any atom is 0.231 e. The van der Waals surface area contributed by atoms with Gasteiger partial charge in [-0.3, -0.25) is 4.79 Å². The first kappa shape index (κ1) is 19.2. The van der Waals surface area contributed by atoms with Gasteiger partial charge in [0.2, 0.25) is 5.91 Å². The molecule has 1 aliphatic heterocycles. The summed E-state index contributed by atoms with van der Waals surface area (Å²) in [5, 5.41) is 3.77. The monoisotopic (exact) mass is 400 g/mol. The van der Waals surface area contributed by atoms with Gasteiger partial charge in [0.25, 0.3) is 0 Å². The Morgan fingerprint density at radius 1 is 1.14 bits per heavy atom. The van der Waals surface area contributed by atoms with Crippen molar-refractivity contribution in [2.75, 3.05) is 31.2 Å². The van der Waals surface area contributed by atoms with Gasteiger partial charge < -0.3 is 15.0 Å². The fourth-order valence-electron chi connectivity index (χ4n) is 4.16. The minimum absolute atomic E-state index is 0.0488. The van der Waals surface area contributed by atoms with Gasteiger partial charge in [-0.15, -0.1) is 0 Å². The van der Waals surface area contributed by atoms with Crippen molar-refractivity contribution in [3.8, 4) is 0 Å². The lowest BCUT2D eigenvalue weighted by Gasteiger charge is -2.29. The molecule has 1 amide bonds. The molecule has 6 nitrogen and oxygen atoms in total. The molecule has 4 rings (SSSR count). The zero-order valence-corrected chi connectivity index (χ0v) is 16.6. The van der Waals surface area contributed by atoms with Gasteiger partial charge in [-0.1, -0.05) is 36.6 Å². The van der Waals surface area contributed by atoms with E-state index >= 15 is 0 Å². The first-order valence-electron chi connectivity index (χ1n) is 9.86. The summed E-state index contributed by atoms with van der Waals surface area (Å²) in [4.78, 5) is 24.3. The van der Waals surface area contributed by atoms with Gasteiger partial charge >= 0.3 is 0 Å². The molecular formula is C21H25ClN4O2. The molecule has 0 radical (unpaired) electrons. The smallest absolute Gasteiger partial charge is 0.231 e. The van der Waals surface area contributed by atoms with Gasteiger partial charge in [0.15, 0.2) is 0 Å². The number of nitrogens with zero attached hydrogens (tertiary/aromatic N) is 3. The molecule has 2 aliphatic rings. The molecular weight excluding hydrogens is 376 g/mol. The fourth-order valence-corrected chi connectivity index (χ4v) is 4.29. The van der Waals surface area contributed by atoms with E-state index in [-0.39, 0.29) is 5.91 Å². The molecule has 28 heavy (non-hydrogen) atoms. The number of halogens is 1. The second kappa shape index (κ2) is 8.45. The zero-order valence-electron chi connectivity index (χ0n) is 15.9. The van der Waals surface area contributed by atoms with Gasteiger partial charge in [-0.05, 0) is 36.6 Å². The molecule has 1 N–H and O–H groups in total. The lowest BCUT2D eigenvalue weighted by Crippen LogP contribution is -2.42. The third-order valence-corrected chi connectivity index (χ3v) is 5.97. The molecule has 0 unspecified atom stereocenters. The molecule has 1 aromatic heterocycles. The summed E-state index contributed by atoms with van der Waals surface area (Å²) in [6, 6.07) is 9.58. The van der Waals surface area contributed by atoms with Crippen LogP contribution < -0.4 is 10.2 Å². The first-order valence-corrected chi connectivity index (χ1v) is 10.2. The van der Waals surface area contributed by atoms with E-state index in [4.69, 9.17) is 16.3 Å². The normalized spacial score (nSPS) is 18.8. The van der Waals surface area contributed by atoms with Crippen molar-refractivity contribution >= 4 is 23.3 Å². The van der Waals surface area contributed by atoms with Crippen LogP contribution in [0.5, 0.6) is 0 Å². The lowest BCUT2D eigenvalue weighted by atomic mass is 9.78. The Kier molecular flexibility index (Phi) is 5.78. The molecule has 1 saturated heterocycles. The van der Waals surface area contributed by atoms with Crippen LogP contribution in [0.4, 0.5) is 5.82 Å². The highest BCUT2D eigenvalue weighted by Crippen LogP contribution is 2.41. The third-order valence-electron chi connectivity index (χ3n) is 5.72. The molecule has 148 valence electrons. The number of aromatic nitrogens is 2. The summed E-state index contributed by atoms with van der Waals surface area (Å²) in [6.07, 6.45) is 5.58. The largest absolute Gasteiger partial charge is 0.378 e. The van der Waals surface area contributed by atoms with Gasteiger partial charge in [0.05, 0.1) is 25.2 Å². The number of morpholine rings is 1. The van der Waals surface area contributed by atoms with Crippen LogP contribution in [0.1, 0.15) is 37.1 Å². The number of benzene rings is 1. The van der Waals surface area contributed by atoms with Crippen LogP contribution in [0, 0.1) is 0 Å². The molecule has 1 aliphatic carbocycles. The van der Waals surface area contributed by atoms with E-state index in [2.05, 4.69) is 20.2 Å². The quantitative estimate of drug-likeness (QED) is 0.835. The molecule has 1 aromatic carbocycles. The van der Waals surface area contributed by atoms with Crippen molar-refractivity contribution in [3.63, 3.8) is 0 Å². The highest BCUT2D eigenvalue weighted by atomic mass is 35.5. The fraction of sp³-hybridized carbons (Fsp3) is 0.476. The molecule has 0 bridgehead atoms.